The van der Waals surface area contributed by atoms with Crippen LogP contribution in [0.3, 0.4) is 0 Å². The molecule has 396 valence electrons. The normalized spacial score (nSPS) is 9.47. The Morgan fingerprint density at radius 2 is 1.07 bits per heavy atom. The molecule has 0 bridgehead atoms. The zero-order valence-corrected chi connectivity index (χ0v) is 44.4. The molecule has 0 amide bonds. The van der Waals surface area contributed by atoms with Gasteiger partial charge >= 0.3 is 12.6 Å². The van der Waals surface area contributed by atoms with Gasteiger partial charge in [0.2, 0.25) is 11.9 Å². The van der Waals surface area contributed by atoms with Crippen LogP contribution in [0, 0.1) is 40.3 Å². The molecule has 75 heavy (non-hydrogen) atoms. The lowest BCUT2D eigenvalue weighted by molar-refractivity contribution is -0.535. The summed E-state index contributed by atoms with van der Waals surface area (Å²) in [5, 5.41) is 52.6. The van der Waals surface area contributed by atoms with Crippen LogP contribution in [0.25, 0.3) is 44.2 Å². The van der Waals surface area contributed by atoms with Crippen molar-refractivity contribution in [3.63, 3.8) is 0 Å². The van der Waals surface area contributed by atoms with E-state index in [-0.39, 0.29) is 68.9 Å². The Labute approximate surface area is 466 Å². The predicted molar refractivity (Wildman–Crippen MR) is 315 cm³/mol. The maximum Gasteiger partial charge on any atom is 0.488 e. The van der Waals surface area contributed by atoms with E-state index in [1.165, 1.54) is 18.3 Å². The standard InChI is InChI=1S/C14H13N5.C7H9BO2.C7H7BrN5O.C7H6BrN5.C6H6BrN3O2.CH2N2.2CH4.2ClH/c1-8-4-2-3-5-9(8)10-6-13-12(7-11(10)15)17-14(16)19-18-13;1-6-4-2-3-5-7(6)8(9)10;8-3-1-6-5(2-4(3)9)11-7(10)12-13(6)14;8-3-1-6-5(2-4(3)9)11-7(10)13-12-6;7-3-1-6(10(11)12)5(9)2-4(3)8;2-1-3;;;;/h2-7H,15H2,1H3,(H2,16,17,19);2-5,9-10H,1H3;1-2H,9H2,(H3,10,11,12,14);1-2H,9H2,(H2,10,11,13);1-2H,8-9H2;2H2;2*1H4;2*1H/q;;+1;;;;;;;. The molecule has 0 aliphatic heterocycles. The summed E-state index contributed by atoms with van der Waals surface area (Å²) in [6, 6.07) is 28.2. The Hall–Kier alpha value is -7.98. The molecule has 0 fully saturated rings. The van der Waals surface area contributed by atoms with Crippen molar-refractivity contribution < 1.29 is 19.5 Å². The number of nitro groups is 1. The van der Waals surface area contributed by atoms with Crippen LogP contribution in [-0.2, 0) is 0 Å². The molecule has 0 unspecified atom stereocenters. The number of nitrogen functional groups attached to an aromatic ring is 8. The monoisotopic (exact) mass is 1260 g/mol. The summed E-state index contributed by atoms with van der Waals surface area (Å²) in [5.41, 5.74) is 58.8. The molecule has 21 N–H and O–H groups in total. The molecular formula is C44H53BBr3Cl2N20O5+. The van der Waals surface area contributed by atoms with Crippen molar-refractivity contribution >= 4 is 170 Å². The Morgan fingerprint density at radius 3 is 1.57 bits per heavy atom. The first-order valence-corrected chi connectivity index (χ1v) is 22.2. The Bertz CT molecular complexity index is 3490. The SMILES string of the molecule is C.C.Cc1ccccc1-c1cc2nnc(N)nc2cc1N.Cc1ccccc1B(O)O.Cl.Cl.N#CN.Nc1cc(N)c([N+](=O)[O-])cc1Br.Nc1nc2cc(N)c(Br)cc2[n+](=O)[nH]1.Nc1nnc2cc(Br)c(N)cc2n1. The van der Waals surface area contributed by atoms with Crippen molar-refractivity contribution in [3.8, 4) is 17.3 Å². The molecule has 9 aromatic rings. The maximum atomic E-state index is 11.3. The second kappa shape index (κ2) is 30.9. The lowest BCUT2D eigenvalue weighted by atomic mass is 9.77. The number of halogens is 5. The fraction of sp³-hybridized carbons (Fsp3) is 0.0909. The molecule has 0 aliphatic carbocycles. The van der Waals surface area contributed by atoms with Crippen LogP contribution < -0.4 is 61.6 Å². The van der Waals surface area contributed by atoms with Crippen LogP contribution in [-0.4, -0.2) is 62.5 Å². The highest BCUT2D eigenvalue weighted by molar-refractivity contribution is 9.11. The number of aromatic nitrogens is 9. The molecule has 3 heterocycles. The number of nitrogens with one attached hydrogen (secondary N) is 1. The van der Waals surface area contributed by atoms with Crippen molar-refractivity contribution in [2.75, 3.05) is 45.9 Å². The van der Waals surface area contributed by atoms with Gasteiger partial charge in [-0.15, -0.1) is 45.2 Å². The topological polar surface area (TPSA) is 471 Å². The molecule has 3 aromatic heterocycles. The number of aryl methyl sites for hydroxylation is 2. The van der Waals surface area contributed by atoms with Gasteiger partial charge in [0.15, 0.2) is 10.7 Å². The highest BCUT2D eigenvalue weighted by atomic mass is 79.9. The molecule has 0 radical (unpaired) electrons. The summed E-state index contributed by atoms with van der Waals surface area (Å²) in [6.07, 6.45) is 1.25. The van der Waals surface area contributed by atoms with Crippen LogP contribution in [0.1, 0.15) is 26.0 Å². The van der Waals surface area contributed by atoms with E-state index in [1.807, 2.05) is 56.3 Å². The number of hydrogen-bond acceptors (Lipinski definition) is 22. The minimum absolute atomic E-state index is 0. The molecule has 6 aromatic carbocycles. The van der Waals surface area contributed by atoms with E-state index in [9.17, 15) is 15.0 Å². The highest BCUT2D eigenvalue weighted by Crippen LogP contribution is 2.32. The number of aromatic amines is 1. The number of fused-ring (bicyclic) bond motifs is 3. The van der Waals surface area contributed by atoms with Gasteiger partial charge in [-0.05, 0) is 115 Å². The number of anilines is 8. The van der Waals surface area contributed by atoms with Gasteiger partial charge < -0.3 is 61.7 Å². The van der Waals surface area contributed by atoms with Crippen molar-refractivity contribution in [1.29, 1.82) is 5.26 Å². The van der Waals surface area contributed by atoms with E-state index in [1.54, 1.807) is 42.5 Å². The average molecular weight is 1260 g/mol. The minimum Gasteiger partial charge on any atom is -0.423 e. The van der Waals surface area contributed by atoms with Crippen molar-refractivity contribution in [1.82, 2.24) is 40.4 Å². The molecule has 0 aliphatic rings. The van der Waals surface area contributed by atoms with E-state index in [0.29, 0.717) is 74.8 Å². The molecule has 31 heteroatoms. The van der Waals surface area contributed by atoms with Gasteiger partial charge in [-0.25, -0.2) is 15.0 Å². The molecule has 9 rings (SSSR count). The summed E-state index contributed by atoms with van der Waals surface area (Å²) >= 11 is 9.57. The van der Waals surface area contributed by atoms with Crippen molar-refractivity contribution in [3.05, 3.63) is 137 Å². The number of hydrogen-bond donors (Lipinski definition) is 12. The predicted octanol–water partition coefficient (Wildman–Crippen LogP) is 6.26. The number of benzene rings is 6. The summed E-state index contributed by atoms with van der Waals surface area (Å²) in [6.45, 7) is 3.89. The number of H-pyrrole nitrogens is 1. The van der Waals surface area contributed by atoms with Crippen molar-refractivity contribution in [2.45, 2.75) is 28.7 Å². The highest BCUT2D eigenvalue weighted by Gasteiger charge is 2.15. The third-order valence-corrected chi connectivity index (χ3v) is 11.3. The van der Waals surface area contributed by atoms with E-state index >= 15 is 0 Å². The lowest BCUT2D eigenvalue weighted by Crippen LogP contribution is -2.31. The Kier molecular flexibility index (Phi) is 27.6. The average Bonchev–Trinajstić information content (AvgIpc) is 3.30. The van der Waals surface area contributed by atoms with E-state index in [2.05, 4.69) is 94.0 Å². The van der Waals surface area contributed by atoms with Gasteiger partial charge in [-0.1, -0.05) is 74.0 Å². The van der Waals surface area contributed by atoms with Crippen LogP contribution in [0.2, 0.25) is 0 Å². The van der Waals surface area contributed by atoms with Crippen LogP contribution in [0.15, 0.2) is 110 Å². The second-order valence-corrected chi connectivity index (χ2v) is 16.8. The molecular weight excluding hydrogens is 1210 g/mol. The molecule has 0 spiro atoms. The lowest BCUT2D eigenvalue weighted by Gasteiger charge is -2.10. The van der Waals surface area contributed by atoms with Crippen LogP contribution in [0.4, 0.5) is 52.0 Å². The number of nitro benzene ring substituents is 1. The largest absolute Gasteiger partial charge is 0.488 e. The van der Waals surface area contributed by atoms with Crippen LogP contribution >= 0.6 is 72.6 Å². The summed E-state index contributed by atoms with van der Waals surface area (Å²) in [5.74, 6) is 0.346. The smallest absolute Gasteiger partial charge is 0.423 e. The van der Waals surface area contributed by atoms with Gasteiger partial charge in [0, 0.05) is 53.9 Å². The van der Waals surface area contributed by atoms with Gasteiger partial charge in [0.1, 0.15) is 22.2 Å². The number of nitrogens with zero attached hydrogens (tertiary/aromatic N) is 10. The van der Waals surface area contributed by atoms with Crippen molar-refractivity contribution in [2.24, 2.45) is 5.73 Å². The first kappa shape index (κ1) is 67.0. The fourth-order valence-corrected chi connectivity index (χ4v) is 6.87. The number of rotatable bonds is 3. The maximum absolute atomic E-state index is 11.3. The molecule has 25 nitrogen and oxygen atoms in total. The summed E-state index contributed by atoms with van der Waals surface area (Å²) in [4.78, 5) is 33.2. The zero-order chi connectivity index (χ0) is 52.7. The van der Waals surface area contributed by atoms with Gasteiger partial charge in [0.25, 0.3) is 11.6 Å². The third kappa shape index (κ3) is 18.8. The third-order valence-electron chi connectivity index (χ3n) is 9.25. The fourth-order valence-electron chi connectivity index (χ4n) is 5.88. The Morgan fingerprint density at radius 1 is 0.613 bits per heavy atom. The first-order chi connectivity index (χ1) is 33.5. The molecule has 0 saturated carbocycles. The first-order valence-electron chi connectivity index (χ1n) is 19.8. The van der Waals surface area contributed by atoms with E-state index < -0.39 is 12.0 Å². The minimum atomic E-state index is -1.35. The Balaban J connectivity index is 0.000000902. The van der Waals surface area contributed by atoms with Gasteiger partial charge in [0.05, 0.1) is 20.9 Å². The van der Waals surface area contributed by atoms with Gasteiger partial charge in [-0.3, -0.25) is 10.1 Å². The van der Waals surface area contributed by atoms with Crippen LogP contribution in [0.5, 0.6) is 0 Å². The zero-order valence-electron chi connectivity index (χ0n) is 38.1. The van der Waals surface area contributed by atoms with E-state index in [4.69, 9.17) is 61.2 Å². The van der Waals surface area contributed by atoms with Gasteiger partial charge in [-0.2, -0.15) is 5.26 Å². The molecule has 0 saturated heterocycles. The second-order valence-electron chi connectivity index (χ2n) is 14.3. The van der Waals surface area contributed by atoms with E-state index in [0.717, 1.165) is 26.7 Å². The quantitative estimate of drug-likeness (QED) is 0.0177. The summed E-state index contributed by atoms with van der Waals surface area (Å²) < 4.78 is 2.45. The number of nitriles is 1. The number of nitrogens with two attached hydrogens (primary N) is 9. The molecule has 0 atom stereocenters. The summed E-state index contributed by atoms with van der Waals surface area (Å²) in [7, 11) is -1.35.